The molecule has 148 valence electrons. The van der Waals surface area contributed by atoms with Crippen LogP contribution in [0.3, 0.4) is 0 Å². The number of benzene rings is 2. The first kappa shape index (κ1) is 19.9. The Labute approximate surface area is 166 Å². The lowest BCUT2D eigenvalue weighted by molar-refractivity contribution is -0.132. The summed E-state index contributed by atoms with van der Waals surface area (Å²) in [6.45, 7) is 6.48. The quantitative estimate of drug-likeness (QED) is 0.836. The predicted molar refractivity (Wildman–Crippen MR) is 108 cm³/mol. The van der Waals surface area contributed by atoms with Gasteiger partial charge in [0.05, 0.1) is 6.42 Å². The summed E-state index contributed by atoms with van der Waals surface area (Å²) in [5.41, 5.74) is 2.14. The second-order valence-electron chi connectivity index (χ2n) is 6.89. The molecule has 6 nitrogen and oxygen atoms in total. The van der Waals surface area contributed by atoms with Crippen LogP contribution in [0.2, 0.25) is 0 Å². The molecule has 28 heavy (non-hydrogen) atoms. The van der Waals surface area contributed by atoms with Gasteiger partial charge in [0.2, 0.25) is 5.91 Å². The average molecular weight is 381 g/mol. The highest BCUT2D eigenvalue weighted by atomic mass is 16.6. The van der Waals surface area contributed by atoms with Crippen LogP contribution in [0.5, 0.6) is 5.75 Å². The minimum absolute atomic E-state index is 0.106. The van der Waals surface area contributed by atoms with E-state index >= 15 is 0 Å². The molecule has 1 heterocycles. The third-order valence-corrected chi connectivity index (χ3v) is 4.76. The lowest BCUT2D eigenvalue weighted by Gasteiger charge is -2.34. The van der Waals surface area contributed by atoms with Crippen molar-refractivity contribution < 1.29 is 14.3 Å². The fraction of sp³-hybridized carbons (Fsp3) is 0.364. The van der Waals surface area contributed by atoms with E-state index in [9.17, 15) is 9.59 Å². The molecule has 2 aromatic carbocycles. The van der Waals surface area contributed by atoms with Crippen molar-refractivity contribution in [3.05, 3.63) is 65.7 Å². The van der Waals surface area contributed by atoms with Crippen molar-refractivity contribution in [2.24, 2.45) is 0 Å². The molecule has 2 amide bonds. The average Bonchev–Trinajstić information content (AvgIpc) is 2.70. The molecule has 0 aromatic heterocycles. The number of rotatable bonds is 6. The number of carbonyl (C=O) groups is 2. The Morgan fingerprint density at radius 1 is 0.964 bits per heavy atom. The number of nitrogens with one attached hydrogen (secondary N) is 1. The second-order valence-corrected chi connectivity index (χ2v) is 6.89. The summed E-state index contributed by atoms with van der Waals surface area (Å²) in [5, 5.41) is 2.59. The molecule has 1 aliphatic heterocycles. The number of amides is 2. The Kier molecular flexibility index (Phi) is 7.03. The number of hydrogen-bond donors (Lipinski definition) is 1. The smallest absolute Gasteiger partial charge is 0.410 e. The zero-order valence-electron chi connectivity index (χ0n) is 16.3. The van der Waals surface area contributed by atoms with Crippen LogP contribution in [0.4, 0.5) is 4.79 Å². The van der Waals surface area contributed by atoms with E-state index in [4.69, 9.17) is 4.74 Å². The van der Waals surface area contributed by atoms with E-state index < -0.39 is 6.09 Å². The van der Waals surface area contributed by atoms with Gasteiger partial charge in [0.15, 0.2) is 0 Å². The van der Waals surface area contributed by atoms with Crippen molar-refractivity contribution in [1.82, 2.24) is 15.1 Å². The highest BCUT2D eigenvalue weighted by Crippen LogP contribution is 2.16. The van der Waals surface area contributed by atoms with Gasteiger partial charge in [-0.05, 0) is 30.2 Å². The van der Waals surface area contributed by atoms with Gasteiger partial charge in [0, 0.05) is 39.3 Å². The van der Waals surface area contributed by atoms with E-state index in [2.05, 4.69) is 34.5 Å². The largest absolute Gasteiger partial charge is 0.412 e. The van der Waals surface area contributed by atoms with E-state index in [1.54, 1.807) is 18.2 Å². The summed E-state index contributed by atoms with van der Waals surface area (Å²) in [5.74, 6) is 0.554. The van der Waals surface area contributed by atoms with Crippen LogP contribution in [0.15, 0.2) is 54.6 Å². The molecular weight excluding hydrogens is 354 g/mol. The Bertz CT molecular complexity index is 787. The van der Waals surface area contributed by atoms with E-state index in [1.807, 2.05) is 24.0 Å². The number of ether oxygens (including phenoxy) is 1. The van der Waals surface area contributed by atoms with Gasteiger partial charge >= 0.3 is 6.09 Å². The first-order chi connectivity index (χ1) is 13.6. The molecule has 0 aliphatic carbocycles. The van der Waals surface area contributed by atoms with E-state index in [-0.39, 0.29) is 5.91 Å². The van der Waals surface area contributed by atoms with Crippen LogP contribution in [-0.2, 0) is 17.8 Å². The van der Waals surface area contributed by atoms with Crippen LogP contribution < -0.4 is 10.1 Å². The fourth-order valence-corrected chi connectivity index (χ4v) is 3.29. The Morgan fingerprint density at radius 3 is 2.39 bits per heavy atom. The predicted octanol–water partition coefficient (Wildman–Crippen LogP) is 2.68. The monoisotopic (exact) mass is 381 g/mol. The molecule has 0 radical (unpaired) electrons. The molecule has 2 aromatic rings. The lowest BCUT2D eigenvalue weighted by atomic mass is 10.1. The van der Waals surface area contributed by atoms with Gasteiger partial charge in [-0.15, -0.1) is 0 Å². The van der Waals surface area contributed by atoms with Crippen molar-refractivity contribution in [2.75, 3.05) is 32.7 Å². The van der Waals surface area contributed by atoms with Crippen molar-refractivity contribution >= 4 is 12.0 Å². The Balaban J connectivity index is 1.48. The number of carbonyl (C=O) groups excluding carboxylic acids is 2. The minimum Gasteiger partial charge on any atom is -0.410 e. The first-order valence-electron chi connectivity index (χ1n) is 9.72. The molecule has 1 saturated heterocycles. The van der Waals surface area contributed by atoms with Crippen LogP contribution in [-0.4, -0.2) is 54.5 Å². The summed E-state index contributed by atoms with van der Waals surface area (Å²) in [6.07, 6.45) is -0.175. The van der Waals surface area contributed by atoms with Gasteiger partial charge < -0.3 is 15.0 Å². The van der Waals surface area contributed by atoms with Gasteiger partial charge in [-0.25, -0.2) is 4.79 Å². The molecule has 0 saturated carbocycles. The Morgan fingerprint density at radius 2 is 1.68 bits per heavy atom. The van der Waals surface area contributed by atoms with Gasteiger partial charge in [-0.2, -0.15) is 0 Å². The normalized spacial score (nSPS) is 14.5. The van der Waals surface area contributed by atoms with Gasteiger partial charge in [-0.1, -0.05) is 42.5 Å². The van der Waals surface area contributed by atoms with E-state index in [0.29, 0.717) is 18.7 Å². The molecule has 6 heteroatoms. The molecule has 3 rings (SSSR count). The zero-order chi connectivity index (χ0) is 19.8. The minimum atomic E-state index is -0.486. The Hall–Kier alpha value is -2.86. The summed E-state index contributed by atoms with van der Waals surface area (Å²) in [7, 11) is 0. The fourth-order valence-electron chi connectivity index (χ4n) is 3.29. The molecule has 0 atom stereocenters. The number of hydrogen-bond acceptors (Lipinski definition) is 4. The summed E-state index contributed by atoms with van der Waals surface area (Å²) >= 11 is 0. The summed E-state index contributed by atoms with van der Waals surface area (Å²) < 4.78 is 5.21. The van der Waals surface area contributed by atoms with Gasteiger partial charge in [-0.3, -0.25) is 9.69 Å². The maximum Gasteiger partial charge on any atom is 0.412 e. The van der Waals surface area contributed by atoms with Crippen LogP contribution in [0.1, 0.15) is 18.1 Å². The molecule has 0 spiro atoms. The maximum atomic E-state index is 12.7. The third kappa shape index (κ3) is 5.82. The van der Waals surface area contributed by atoms with Crippen LogP contribution in [0.25, 0.3) is 0 Å². The van der Waals surface area contributed by atoms with Crippen molar-refractivity contribution in [3.63, 3.8) is 0 Å². The van der Waals surface area contributed by atoms with Crippen LogP contribution >= 0.6 is 0 Å². The number of nitrogens with zero attached hydrogens (tertiary/aromatic N) is 2. The second kappa shape index (κ2) is 9.90. The molecule has 0 unspecified atom stereocenters. The molecule has 0 bridgehead atoms. The first-order valence-corrected chi connectivity index (χ1v) is 9.72. The highest BCUT2D eigenvalue weighted by molar-refractivity contribution is 5.79. The lowest BCUT2D eigenvalue weighted by Crippen LogP contribution is -2.48. The molecule has 1 N–H and O–H groups in total. The third-order valence-electron chi connectivity index (χ3n) is 4.76. The molecule has 1 fully saturated rings. The number of piperazine rings is 1. The zero-order valence-corrected chi connectivity index (χ0v) is 16.3. The van der Waals surface area contributed by atoms with E-state index in [1.165, 1.54) is 5.56 Å². The topological polar surface area (TPSA) is 61.9 Å². The highest BCUT2D eigenvalue weighted by Gasteiger charge is 2.21. The SMILES string of the molecule is CCNC(=O)Oc1cccc(CC(=O)N2CCN(Cc3ccccc3)CC2)c1. The van der Waals surface area contributed by atoms with Gasteiger partial charge in [0.25, 0.3) is 0 Å². The van der Waals surface area contributed by atoms with E-state index in [0.717, 1.165) is 38.3 Å². The molecular formula is C22H27N3O3. The summed E-state index contributed by atoms with van der Waals surface area (Å²) in [4.78, 5) is 28.5. The summed E-state index contributed by atoms with van der Waals surface area (Å²) in [6, 6.07) is 17.5. The maximum absolute atomic E-state index is 12.7. The van der Waals surface area contributed by atoms with Crippen LogP contribution in [0, 0.1) is 0 Å². The molecule has 1 aliphatic rings. The van der Waals surface area contributed by atoms with Crippen molar-refractivity contribution in [2.45, 2.75) is 19.9 Å². The standard InChI is InChI=1S/C22H27N3O3/c1-2-23-22(27)28-20-10-6-9-19(15-20)16-21(26)25-13-11-24(12-14-25)17-18-7-4-3-5-8-18/h3-10,15H,2,11-14,16-17H2,1H3,(H,23,27). The van der Waals surface area contributed by atoms with Crippen molar-refractivity contribution in [3.8, 4) is 5.75 Å². The van der Waals surface area contributed by atoms with Gasteiger partial charge in [0.1, 0.15) is 5.75 Å². The van der Waals surface area contributed by atoms with Crippen molar-refractivity contribution in [1.29, 1.82) is 0 Å².